The summed E-state index contributed by atoms with van der Waals surface area (Å²) in [5.41, 5.74) is 1.96. The molecule has 1 unspecified atom stereocenters. The van der Waals surface area contributed by atoms with Gasteiger partial charge in [0.1, 0.15) is 5.82 Å². The minimum Gasteiger partial charge on any atom is -0.349 e. The number of amides is 1. The van der Waals surface area contributed by atoms with Crippen molar-refractivity contribution in [3.63, 3.8) is 0 Å². The van der Waals surface area contributed by atoms with Gasteiger partial charge < -0.3 is 10.2 Å². The molecule has 1 aliphatic heterocycles. The standard InChI is InChI=1S/C18H22FN3OS/c1-12-11-24-18(20-12)22-9-7-15(8-10-22)17(23)21-13(2)14-3-5-16(19)6-4-14/h3-6,11,13,15H,7-10H2,1-2H3,(H,21,23). The van der Waals surface area contributed by atoms with Crippen LogP contribution in [-0.2, 0) is 4.79 Å². The van der Waals surface area contributed by atoms with Gasteiger partial charge in [-0.25, -0.2) is 9.37 Å². The van der Waals surface area contributed by atoms with Crippen molar-refractivity contribution in [1.82, 2.24) is 10.3 Å². The third-order valence-corrected chi connectivity index (χ3v) is 5.49. The highest BCUT2D eigenvalue weighted by Gasteiger charge is 2.27. The van der Waals surface area contributed by atoms with Crippen LogP contribution in [0.15, 0.2) is 29.6 Å². The van der Waals surface area contributed by atoms with Crippen LogP contribution in [0.3, 0.4) is 0 Å². The molecule has 2 aromatic rings. The zero-order valence-electron chi connectivity index (χ0n) is 14.0. The Morgan fingerprint density at radius 3 is 2.58 bits per heavy atom. The number of thiazole rings is 1. The average Bonchev–Trinajstić information content (AvgIpc) is 3.02. The molecular weight excluding hydrogens is 325 g/mol. The molecule has 1 fully saturated rings. The second-order valence-corrected chi connectivity index (χ2v) is 7.15. The molecule has 1 saturated heterocycles. The van der Waals surface area contributed by atoms with Gasteiger partial charge in [0.15, 0.2) is 5.13 Å². The van der Waals surface area contributed by atoms with E-state index in [0.717, 1.165) is 42.3 Å². The van der Waals surface area contributed by atoms with Gasteiger partial charge in [-0.1, -0.05) is 12.1 Å². The third-order valence-electron chi connectivity index (χ3n) is 4.47. The fraction of sp³-hybridized carbons (Fsp3) is 0.444. The van der Waals surface area contributed by atoms with Crippen LogP contribution < -0.4 is 10.2 Å². The number of benzene rings is 1. The third kappa shape index (κ3) is 3.93. The fourth-order valence-electron chi connectivity index (χ4n) is 2.99. The monoisotopic (exact) mass is 347 g/mol. The van der Waals surface area contributed by atoms with Gasteiger partial charge in [0.05, 0.1) is 11.7 Å². The van der Waals surface area contributed by atoms with Crippen LogP contribution >= 0.6 is 11.3 Å². The molecule has 128 valence electrons. The van der Waals surface area contributed by atoms with E-state index >= 15 is 0 Å². The van der Waals surface area contributed by atoms with Gasteiger partial charge in [-0.2, -0.15) is 0 Å². The van der Waals surface area contributed by atoms with Crippen LogP contribution in [0.5, 0.6) is 0 Å². The van der Waals surface area contributed by atoms with E-state index in [9.17, 15) is 9.18 Å². The summed E-state index contributed by atoms with van der Waals surface area (Å²) in [6.45, 7) is 5.64. The van der Waals surface area contributed by atoms with E-state index in [2.05, 4.69) is 20.6 Å². The first-order valence-electron chi connectivity index (χ1n) is 8.26. The molecule has 0 bridgehead atoms. The Bertz CT molecular complexity index is 693. The van der Waals surface area contributed by atoms with Crippen LogP contribution in [0.25, 0.3) is 0 Å². The maximum absolute atomic E-state index is 13.0. The minimum atomic E-state index is -0.262. The lowest BCUT2D eigenvalue weighted by Crippen LogP contribution is -2.41. The molecule has 4 nitrogen and oxygen atoms in total. The topological polar surface area (TPSA) is 45.2 Å². The summed E-state index contributed by atoms with van der Waals surface area (Å²) in [5, 5.41) is 6.15. The molecule has 1 aromatic carbocycles. The maximum atomic E-state index is 13.0. The fourth-order valence-corrected chi connectivity index (χ4v) is 3.84. The number of rotatable bonds is 4. The number of aryl methyl sites for hydroxylation is 1. The molecule has 0 aliphatic carbocycles. The number of nitrogens with zero attached hydrogens (tertiary/aromatic N) is 2. The molecule has 0 saturated carbocycles. The molecule has 6 heteroatoms. The van der Waals surface area contributed by atoms with Crippen LogP contribution in [0.2, 0.25) is 0 Å². The highest BCUT2D eigenvalue weighted by atomic mass is 32.1. The second-order valence-electron chi connectivity index (χ2n) is 6.31. The molecule has 0 spiro atoms. The van der Waals surface area contributed by atoms with E-state index in [-0.39, 0.29) is 23.7 Å². The van der Waals surface area contributed by atoms with E-state index in [4.69, 9.17) is 0 Å². The zero-order valence-corrected chi connectivity index (χ0v) is 14.8. The number of carbonyl (C=O) groups excluding carboxylic acids is 1. The quantitative estimate of drug-likeness (QED) is 0.917. The van der Waals surface area contributed by atoms with Crippen molar-refractivity contribution >= 4 is 22.4 Å². The number of piperidine rings is 1. The van der Waals surface area contributed by atoms with E-state index in [1.165, 1.54) is 12.1 Å². The Hall–Kier alpha value is -1.95. The van der Waals surface area contributed by atoms with Crippen LogP contribution in [0, 0.1) is 18.7 Å². The van der Waals surface area contributed by atoms with Gasteiger partial charge in [-0.15, -0.1) is 11.3 Å². The first kappa shape index (κ1) is 16.9. The van der Waals surface area contributed by atoms with E-state index in [0.29, 0.717) is 0 Å². The zero-order chi connectivity index (χ0) is 17.1. The van der Waals surface area contributed by atoms with Crippen molar-refractivity contribution < 1.29 is 9.18 Å². The minimum absolute atomic E-state index is 0.0326. The summed E-state index contributed by atoms with van der Waals surface area (Å²) in [6.07, 6.45) is 1.67. The molecule has 24 heavy (non-hydrogen) atoms. The van der Waals surface area contributed by atoms with Crippen molar-refractivity contribution in [3.05, 3.63) is 46.7 Å². The van der Waals surface area contributed by atoms with E-state index in [1.54, 1.807) is 23.5 Å². The van der Waals surface area contributed by atoms with Crippen molar-refractivity contribution in [1.29, 1.82) is 0 Å². The van der Waals surface area contributed by atoms with Crippen molar-refractivity contribution in [2.75, 3.05) is 18.0 Å². The van der Waals surface area contributed by atoms with Gasteiger partial charge in [-0.3, -0.25) is 4.79 Å². The first-order chi connectivity index (χ1) is 11.5. The molecule has 1 aromatic heterocycles. The van der Waals surface area contributed by atoms with Gasteiger partial charge in [-0.05, 0) is 44.4 Å². The van der Waals surface area contributed by atoms with E-state index < -0.39 is 0 Å². The number of aromatic nitrogens is 1. The summed E-state index contributed by atoms with van der Waals surface area (Å²) in [4.78, 5) is 19.2. The van der Waals surface area contributed by atoms with Crippen molar-refractivity contribution in [3.8, 4) is 0 Å². The Balaban J connectivity index is 1.52. The molecule has 1 N–H and O–H groups in total. The first-order valence-corrected chi connectivity index (χ1v) is 9.14. The number of halogens is 1. The van der Waals surface area contributed by atoms with Gasteiger partial charge in [0, 0.05) is 24.4 Å². The molecule has 1 atom stereocenters. The number of anilines is 1. The summed E-state index contributed by atoms with van der Waals surface area (Å²) < 4.78 is 13.0. The Labute approximate surface area is 145 Å². The van der Waals surface area contributed by atoms with Crippen molar-refractivity contribution in [2.45, 2.75) is 32.7 Å². The highest BCUT2D eigenvalue weighted by molar-refractivity contribution is 7.13. The lowest BCUT2D eigenvalue weighted by molar-refractivity contribution is -0.126. The van der Waals surface area contributed by atoms with Crippen LogP contribution in [0.1, 0.15) is 37.1 Å². The maximum Gasteiger partial charge on any atom is 0.223 e. The number of nitrogens with one attached hydrogen (secondary N) is 1. The lowest BCUT2D eigenvalue weighted by Gasteiger charge is -2.31. The largest absolute Gasteiger partial charge is 0.349 e. The summed E-state index contributed by atoms with van der Waals surface area (Å²) in [6, 6.07) is 6.16. The molecular formula is C18H22FN3OS. The average molecular weight is 347 g/mol. The smallest absolute Gasteiger partial charge is 0.223 e. The highest BCUT2D eigenvalue weighted by Crippen LogP contribution is 2.26. The SMILES string of the molecule is Cc1csc(N2CCC(C(=O)NC(C)c3ccc(F)cc3)CC2)n1. The lowest BCUT2D eigenvalue weighted by atomic mass is 9.95. The normalized spacial score (nSPS) is 16.9. The van der Waals surface area contributed by atoms with Crippen LogP contribution in [0.4, 0.5) is 9.52 Å². The van der Waals surface area contributed by atoms with Crippen molar-refractivity contribution in [2.24, 2.45) is 5.92 Å². The van der Waals surface area contributed by atoms with Crippen LogP contribution in [-0.4, -0.2) is 24.0 Å². The predicted octanol–water partition coefficient (Wildman–Crippen LogP) is 3.68. The van der Waals surface area contributed by atoms with Gasteiger partial charge >= 0.3 is 0 Å². The molecule has 0 radical (unpaired) electrons. The van der Waals surface area contributed by atoms with Gasteiger partial charge in [0.2, 0.25) is 5.91 Å². The summed E-state index contributed by atoms with van der Waals surface area (Å²) >= 11 is 1.66. The summed E-state index contributed by atoms with van der Waals surface area (Å²) in [5.74, 6) is -0.144. The Morgan fingerprint density at radius 2 is 2.00 bits per heavy atom. The Kier molecular flexibility index (Phi) is 5.14. The molecule has 1 aliphatic rings. The number of hydrogen-bond acceptors (Lipinski definition) is 4. The summed E-state index contributed by atoms with van der Waals surface area (Å²) in [7, 11) is 0. The van der Waals surface area contributed by atoms with Gasteiger partial charge in [0.25, 0.3) is 0 Å². The Morgan fingerprint density at radius 1 is 1.33 bits per heavy atom. The number of hydrogen-bond donors (Lipinski definition) is 1. The molecule has 2 heterocycles. The predicted molar refractivity (Wildman–Crippen MR) is 94.7 cm³/mol. The second kappa shape index (κ2) is 7.30. The number of carbonyl (C=O) groups is 1. The molecule has 3 rings (SSSR count). The van der Waals surface area contributed by atoms with E-state index in [1.807, 2.05) is 13.8 Å². The molecule has 1 amide bonds.